The number of nitrogens with zero attached hydrogens (tertiary/aromatic N) is 2. The van der Waals surface area contributed by atoms with Crippen molar-refractivity contribution >= 4 is 16.8 Å². The SMILES string of the molecule is C[C@H]1CCCCN1Cc1ccc(CNC(=O)c2cccc3cn[nH]c23)cc1. The fourth-order valence-electron chi connectivity index (χ4n) is 3.83. The van der Waals surface area contributed by atoms with E-state index in [0.29, 0.717) is 18.2 Å². The molecule has 1 fully saturated rings. The highest BCUT2D eigenvalue weighted by Gasteiger charge is 2.18. The van der Waals surface area contributed by atoms with E-state index in [2.05, 4.69) is 51.6 Å². The van der Waals surface area contributed by atoms with Gasteiger partial charge in [-0.1, -0.05) is 42.8 Å². The number of rotatable bonds is 5. The van der Waals surface area contributed by atoms with Crippen molar-refractivity contribution in [3.8, 4) is 0 Å². The van der Waals surface area contributed by atoms with E-state index in [1.807, 2.05) is 18.2 Å². The number of nitrogens with one attached hydrogen (secondary N) is 2. The summed E-state index contributed by atoms with van der Waals surface area (Å²) in [5, 5.41) is 10.9. The van der Waals surface area contributed by atoms with Crippen molar-refractivity contribution in [1.82, 2.24) is 20.4 Å². The van der Waals surface area contributed by atoms with Crippen molar-refractivity contribution < 1.29 is 4.79 Å². The molecule has 3 aromatic rings. The largest absolute Gasteiger partial charge is 0.348 e. The molecular weight excluding hydrogens is 336 g/mol. The minimum atomic E-state index is -0.0870. The second-order valence-corrected chi connectivity index (χ2v) is 7.45. The van der Waals surface area contributed by atoms with Crippen LogP contribution in [-0.4, -0.2) is 33.6 Å². The minimum absolute atomic E-state index is 0.0870. The lowest BCUT2D eigenvalue weighted by atomic mass is 10.0. The number of amides is 1. The first-order chi connectivity index (χ1) is 13.2. The molecule has 0 spiro atoms. The minimum Gasteiger partial charge on any atom is -0.348 e. The number of benzene rings is 2. The fraction of sp³-hybridized carbons (Fsp3) is 0.364. The van der Waals surface area contributed by atoms with Crippen LogP contribution < -0.4 is 5.32 Å². The van der Waals surface area contributed by atoms with Gasteiger partial charge in [-0.3, -0.25) is 14.8 Å². The number of para-hydroxylation sites is 1. The van der Waals surface area contributed by atoms with Crippen molar-refractivity contribution in [2.75, 3.05) is 6.54 Å². The molecule has 4 rings (SSSR count). The quantitative estimate of drug-likeness (QED) is 0.724. The average molecular weight is 362 g/mol. The summed E-state index contributed by atoms with van der Waals surface area (Å²) in [6.07, 6.45) is 5.68. The molecule has 140 valence electrons. The molecule has 1 aliphatic heterocycles. The highest BCUT2D eigenvalue weighted by Crippen LogP contribution is 2.19. The van der Waals surface area contributed by atoms with Gasteiger partial charge in [-0.05, 0) is 43.5 Å². The summed E-state index contributed by atoms with van der Waals surface area (Å²) in [4.78, 5) is 15.1. The molecule has 1 amide bonds. The zero-order chi connectivity index (χ0) is 18.6. The van der Waals surface area contributed by atoms with E-state index in [4.69, 9.17) is 0 Å². The number of aromatic nitrogens is 2. The fourth-order valence-corrected chi connectivity index (χ4v) is 3.83. The van der Waals surface area contributed by atoms with Crippen LogP contribution in [0.3, 0.4) is 0 Å². The number of hydrogen-bond acceptors (Lipinski definition) is 3. The number of hydrogen-bond donors (Lipinski definition) is 2. The van der Waals surface area contributed by atoms with Gasteiger partial charge in [0, 0.05) is 24.5 Å². The Kier molecular flexibility index (Phi) is 5.21. The predicted octanol–water partition coefficient (Wildman–Crippen LogP) is 3.87. The van der Waals surface area contributed by atoms with Crippen molar-refractivity contribution in [3.05, 3.63) is 65.4 Å². The maximum absolute atomic E-state index is 12.5. The van der Waals surface area contributed by atoms with Gasteiger partial charge in [0.05, 0.1) is 17.3 Å². The topological polar surface area (TPSA) is 61.0 Å². The molecular formula is C22H26N4O. The van der Waals surface area contributed by atoms with Crippen LogP contribution in [0.5, 0.6) is 0 Å². The van der Waals surface area contributed by atoms with Crippen molar-refractivity contribution in [2.45, 2.75) is 45.3 Å². The smallest absolute Gasteiger partial charge is 0.253 e. The maximum atomic E-state index is 12.5. The number of carbonyl (C=O) groups is 1. The molecule has 1 atom stereocenters. The second-order valence-electron chi connectivity index (χ2n) is 7.45. The molecule has 5 heteroatoms. The van der Waals surface area contributed by atoms with Gasteiger partial charge in [0.15, 0.2) is 0 Å². The summed E-state index contributed by atoms with van der Waals surface area (Å²) in [6, 6.07) is 14.9. The summed E-state index contributed by atoms with van der Waals surface area (Å²) in [5.41, 5.74) is 3.85. The summed E-state index contributed by atoms with van der Waals surface area (Å²) in [6.45, 7) is 5.04. The van der Waals surface area contributed by atoms with Gasteiger partial charge in [0.2, 0.25) is 0 Å². The van der Waals surface area contributed by atoms with Crippen LogP contribution in [0.1, 0.15) is 47.7 Å². The normalized spacial score (nSPS) is 17.9. The predicted molar refractivity (Wildman–Crippen MR) is 107 cm³/mol. The number of carbonyl (C=O) groups excluding carboxylic acids is 1. The molecule has 2 heterocycles. The first-order valence-electron chi connectivity index (χ1n) is 9.73. The van der Waals surface area contributed by atoms with Crippen LogP contribution in [0.15, 0.2) is 48.7 Å². The Bertz CT molecular complexity index is 915. The lowest BCUT2D eigenvalue weighted by Crippen LogP contribution is -2.36. The van der Waals surface area contributed by atoms with E-state index in [-0.39, 0.29) is 5.91 Å². The zero-order valence-electron chi connectivity index (χ0n) is 15.7. The molecule has 27 heavy (non-hydrogen) atoms. The monoisotopic (exact) mass is 362 g/mol. The molecule has 0 saturated carbocycles. The molecule has 0 unspecified atom stereocenters. The Labute approximate surface area is 159 Å². The summed E-state index contributed by atoms with van der Waals surface area (Å²) in [5.74, 6) is -0.0870. The molecule has 1 saturated heterocycles. The molecule has 2 aromatic carbocycles. The summed E-state index contributed by atoms with van der Waals surface area (Å²) in [7, 11) is 0. The third-order valence-electron chi connectivity index (χ3n) is 5.52. The van der Waals surface area contributed by atoms with E-state index in [9.17, 15) is 4.79 Å². The molecule has 5 nitrogen and oxygen atoms in total. The average Bonchev–Trinajstić information content (AvgIpc) is 3.18. The van der Waals surface area contributed by atoms with Crippen molar-refractivity contribution in [2.24, 2.45) is 0 Å². The third-order valence-corrected chi connectivity index (χ3v) is 5.52. The van der Waals surface area contributed by atoms with Crippen LogP contribution in [0.2, 0.25) is 0 Å². The standard InChI is InChI=1S/C22H26N4O/c1-16-5-2-3-12-26(16)15-18-10-8-17(9-11-18)13-23-22(27)20-7-4-6-19-14-24-25-21(19)20/h4,6-11,14,16H,2-3,5,12-13,15H2,1H3,(H,23,27)(H,24,25)/t16-/m0/s1. The third kappa shape index (κ3) is 4.03. The van der Waals surface area contributed by atoms with Gasteiger partial charge in [0.25, 0.3) is 5.91 Å². The molecule has 0 aliphatic carbocycles. The Balaban J connectivity index is 1.36. The maximum Gasteiger partial charge on any atom is 0.253 e. The van der Waals surface area contributed by atoms with Gasteiger partial charge in [-0.25, -0.2) is 0 Å². The van der Waals surface area contributed by atoms with E-state index < -0.39 is 0 Å². The highest BCUT2D eigenvalue weighted by atomic mass is 16.1. The number of aromatic amines is 1. The van der Waals surface area contributed by atoms with Crippen LogP contribution in [0.4, 0.5) is 0 Å². The van der Waals surface area contributed by atoms with Crippen LogP contribution in [0, 0.1) is 0 Å². The summed E-state index contributed by atoms with van der Waals surface area (Å²) < 4.78 is 0. The van der Waals surface area contributed by atoms with E-state index >= 15 is 0 Å². The molecule has 1 aliphatic rings. The number of piperidine rings is 1. The Morgan fingerprint density at radius 1 is 1.19 bits per heavy atom. The van der Waals surface area contributed by atoms with Crippen LogP contribution in [0.25, 0.3) is 10.9 Å². The van der Waals surface area contributed by atoms with Gasteiger partial charge < -0.3 is 5.32 Å². The Hall–Kier alpha value is -2.66. The first-order valence-corrected chi connectivity index (χ1v) is 9.73. The summed E-state index contributed by atoms with van der Waals surface area (Å²) >= 11 is 0. The highest BCUT2D eigenvalue weighted by molar-refractivity contribution is 6.05. The Morgan fingerprint density at radius 2 is 2.00 bits per heavy atom. The van der Waals surface area contributed by atoms with Gasteiger partial charge >= 0.3 is 0 Å². The van der Waals surface area contributed by atoms with Crippen molar-refractivity contribution in [1.29, 1.82) is 0 Å². The van der Waals surface area contributed by atoms with E-state index in [1.54, 1.807) is 6.20 Å². The second kappa shape index (κ2) is 7.92. The van der Waals surface area contributed by atoms with E-state index in [1.165, 1.54) is 31.4 Å². The van der Waals surface area contributed by atoms with E-state index in [0.717, 1.165) is 23.0 Å². The first kappa shape index (κ1) is 17.7. The van der Waals surface area contributed by atoms with Crippen molar-refractivity contribution in [3.63, 3.8) is 0 Å². The lowest BCUT2D eigenvalue weighted by Gasteiger charge is -2.33. The van der Waals surface area contributed by atoms with Crippen LogP contribution in [-0.2, 0) is 13.1 Å². The molecule has 0 radical (unpaired) electrons. The molecule has 1 aromatic heterocycles. The lowest BCUT2D eigenvalue weighted by molar-refractivity contribution is 0.0952. The van der Waals surface area contributed by atoms with Gasteiger partial charge in [-0.2, -0.15) is 5.10 Å². The van der Waals surface area contributed by atoms with Crippen LogP contribution >= 0.6 is 0 Å². The van der Waals surface area contributed by atoms with Gasteiger partial charge in [-0.15, -0.1) is 0 Å². The van der Waals surface area contributed by atoms with Gasteiger partial charge in [0.1, 0.15) is 0 Å². The number of H-pyrrole nitrogens is 1. The molecule has 0 bridgehead atoms. The zero-order valence-corrected chi connectivity index (χ0v) is 15.7. The molecule has 2 N–H and O–H groups in total. The number of likely N-dealkylation sites (tertiary alicyclic amines) is 1. The number of fused-ring (bicyclic) bond motifs is 1. The Morgan fingerprint density at radius 3 is 2.81 bits per heavy atom.